The minimum Gasteiger partial charge on any atom is -0.355 e. The van der Waals surface area contributed by atoms with E-state index < -0.39 is 0 Å². The minimum atomic E-state index is -0.100. The number of amides is 1. The lowest BCUT2D eigenvalue weighted by molar-refractivity contribution is 0.0963. The zero-order valence-electron chi connectivity index (χ0n) is 9.08. The monoisotopic (exact) mass is 218 g/mol. The van der Waals surface area contributed by atoms with Crippen LogP contribution in [0, 0.1) is 0 Å². The van der Waals surface area contributed by atoms with Crippen molar-refractivity contribution in [1.29, 1.82) is 0 Å². The zero-order valence-corrected chi connectivity index (χ0v) is 9.08. The Hall–Kier alpha value is -1.88. The fourth-order valence-corrected chi connectivity index (χ4v) is 1.60. The van der Waals surface area contributed by atoms with Crippen LogP contribution in [0.4, 0.5) is 0 Å². The van der Waals surface area contributed by atoms with Crippen molar-refractivity contribution in [3.05, 3.63) is 29.6 Å². The summed E-state index contributed by atoms with van der Waals surface area (Å²) in [5.41, 5.74) is 7.80. The number of rotatable bonds is 3. The Morgan fingerprint density at radius 1 is 1.56 bits per heavy atom. The van der Waals surface area contributed by atoms with Crippen molar-refractivity contribution >= 4 is 16.9 Å². The summed E-state index contributed by atoms with van der Waals surface area (Å²) in [5.74, 6) is 0.753. The zero-order chi connectivity index (χ0) is 11.5. The van der Waals surface area contributed by atoms with Crippen molar-refractivity contribution in [3.8, 4) is 0 Å². The van der Waals surface area contributed by atoms with Crippen molar-refractivity contribution in [3.63, 3.8) is 0 Å². The van der Waals surface area contributed by atoms with Crippen LogP contribution in [-0.2, 0) is 6.42 Å². The topological polar surface area (TPSA) is 83.8 Å². The predicted molar refractivity (Wildman–Crippen MR) is 62.2 cm³/mol. The van der Waals surface area contributed by atoms with Crippen molar-refractivity contribution in [2.45, 2.75) is 6.42 Å². The summed E-state index contributed by atoms with van der Waals surface area (Å²) >= 11 is 0. The molecule has 0 unspecified atom stereocenters. The van der Waals surface area contributed by atoms with Gasteiger partial charge in [-0.25, -0.2) is 4.98 Å². The van der Waals surface area contributed by atoms with Crippen molar-refractivity contribution in [2.24, 2.45) is 5.73 Å². The first-order valence-corrected chi connectivity index (χ1v) is 5.15. The highest BCUT2D eigenvalue weighted by atomic mass is 16.1. The van der Waals surface area contributed by atoms with Gasteiger partial charge in [-0.05, 0) is 24.7 Å². The number of aromatic nitrogens is 2. The number of carbonyl (C=O) groups excluding carboxylic acids is 1. The highest BCUT2D eigenvalue weighted by Crippen LogP contribution is 2.13. The van der Waals surface area contributed by atoms with E-state index in [0.717, 1.165) is 16.9 Å². The first kappa shape index (κ1) is 10.6. The van der Waals surface area contributed by atoms with Crippen LogP contribution in [0.2, 0.25) is 0 Å². The molecular formula is C11H14N4O. The summed E-state index contributed by atoms with van der Waals surface area (Å²) in [6.45, 7) is 0.558. The van der Waals surface area contributed by atoms with Gasteiger partial charge in [0.2, 0.25) is 0 Å². The Bertz CT molecular complexity index is 518. The molecule has 0 fully saturated rings. The Kier molecular flexibility index (Phi) is 2.87. The van der Waals surface area contributed by atoms with Gasteiger partial charge in [-0.1, -0.05) is 0 Å². The molecule has 1 aromatic carbocycles. The molecule has 0 spiro atoms. The summed E-state index contributed by atoms with van der Waals surface area (Å²) in [6, 6.07) is 5.38. The Balaban J connectivity index is 2.41. The maximum absolute atomic E-state index is 11.4. The molecule has 0 saturated carbocycles. The van der Waals surface area contributed by atoms with Crippen molar-refractivity contribution in [1.82, 2.24) is 15.3 Å². The van der Waals surface area contributed by atoms with Crippen molar-refractivity contribution in [2.75, 3.05) is 13.6 Å². The molecule has 1 heterocycles. The lowest BCUT2D eigenvalue weighted by Gasteiger charge is -1.98. The molecule has 0 radical (unpaired) electrons. The van der Waals surface area contributed by atoms with Crippen LogP contribution in [0.1, 0.15) is 16.2 Å². The van der Waals surface area contributed by atoms with Gasteiger partial charge < -0.3 is 16.0 Å². The average molecular weight is 218 g/mol. The lowest BCUT2D eigenvalue weighted by Crippen LogP contribution is -2.17. The number of carbonyl (C=O) groups is 1. The minimum absolute atomic E-state index is 0.100. The second kappa shape index (κ2) is 4.32. The molecule has 4 N–H and O–H groups in total. The molecule has 0 aliphatic heterocycles. The van der Waals surface area contributed by atoms with E-state index in [1.165, 1.54) is 0 Å². The lowest BCUT2D eigenvalue weighted by atomic mass is 10.2. The molecule has 5 heteroatoms. The second-order valence-corrected chi connectivity index (χ2v) is 3.53. The SMILES string of the molecule is CNC(=O)c1ccc2nc(CCN)[nH]c2c1. The van der Waals surface area contributed by atoms with E-state index in [9.17, 15) is 4.79 Å². The van der Waals surface area contributed by atoms with Crippen LogP contribution in [0.25, 0.3) is 11.0 Å². The van der Waals surface area contributed by atoms with Crippen LogP contribution in [0.3, 0.4) is 0 Å². The smallest absolute Gasteiger partial charge is 0.251 e. The van der Waals surface area contributed by atoms with E-state index in [-0.39, 0.29) is 5.91 Å². The number of H-pyrrole nitrogens is 1. The van der Waals surface area contributed by atoms with Gasteiger partial charge in [-0.3, -0.25) is 4.79 Å². The van der Waals surface area contributed by atoms with Gasteiger partial charge in [-0.15, -0.1) is 0 Å². The number of fused-ring (bicyclic) bond motifs is 1. The highest BCUT2D eigenvalue weighted by molar-refractivity contribution is 5.97. The molecule has 5 nitrogen and oxygen atoms in total. The molecule has 1 amide bonds. The van der Waals surface area contributed by atoms with Gasteiger partial charge in [0.15, 0.2) is 0 Å². The fourth-order valence-electron chi connectivity index (χ4n) is 1.60. The first-order chi connectivity index (χ1) is 7.74. The molecule has 0 aliphatic carbocycles. The summed E-state index contributed by atoms with van der Waals surface area (Å²) in [4.78, 5) is 18.9. The Labute approximate surface area is 93.1 Å². The number of imidazole rings is 1. The fraction of sp³-hybridized carbons (Fsp3) is 0.273. The van der Waals surface area contributed by atoms with Gasteiger partial charge >= 0.3 is 0 Å². The van der Waals surface area contributed by atoms with Crippen LogP contribution >= 0.6 is 0 Å². The molecule has 84 valence electrons. The number of hydrogen-bond donors (Lipinski definition) is 3. The third-order valence-corrected chi connectivity index (χ3v) is 2.40. The van der Waals surface area contributed by atoms with Crippen molar-refractivity contribution < 1.29 is 4.79 Å². The molecule has 0 bridgehead atoms. The normalized spacial score (nSPS) is 10.6. The maximum atomic E-state index is 11.4. The van der Waals surface area contributed by atoms with E-state index in [2.05, 4.69) is 15.3 Å². The van der Waals surface area contributed by atoms with E-state index in [1.54, 1.807) is 19.2 Å². The summed E-state index contributed by atoms with van der Waals surface area (Å²) in [7, 11) is 1.61. The Morgan fingerprint density at radius 2 is 2.38 bits per heavy atom. The number of nitrogens with two attached hydrogens (primary N) is 1. The number of aromatic amines is 1. The molecule has 2 rings (SSSR count). The van der Waals surface area contributed by atoms with E-state index >= 15 is 0 Å². The third-order valence-electron chi connectivity index (χ3n) is 2.40. The number of benzene rings is 1. The second-order valence-electron chi connectivity index (χ2n) is 3.53. The molecular weight excluding hydrogens is 204 g/mol. The molecule has 0 atom stereocenters. The standard InChI is InChI=1S/C11H14N4O/c1-13-11(16)7-2-3-8-9(6-7)15-10(14-8)4-5-12/h2-3,6H,4-5,12H2,1H3,(H,13,16)(H,14,15). The summed E-state index contributed by atoms with van der Waals surface area (Å²) < 4.78 is 0. The third kappa shape index (κ3) is 1.90. The van der Waals surface area contributed by atoms with Crippen LogP contribution < -0.4 is 11.1 Å². The number of hydrogen-bond acceptors (Lipinski definition) is 3. The molecule has 2 aromatic rings. The predicted octanol–water partition coefficient (Wildman–Crippen LogP) is 0.424. The molecule has 0 aliphatic rings. The van der Waals surface area contributed by atoms with Crippen LogP contribution in [-0.4, -0.2) is 29.5 Å². The summed E-state index contributed by atoms with van der Waals surface area (Å²) in [5, 5.41) is 2.58. The van der Waals surface area contributed by atoms with Gasteiger partial charge in [0, 0.05) is 19.0 Å². The largest absolute Gasteiger partial charge is 0.355 e. The number of nitrogens with one attached hydrogen (secondary N) is 2. The Morgan fingerprint density at radius 3 is 3.06 bits per heavy atom. The summed E-state index contributed by atoms with van der Waals surface area (Å²) in [6.07, 6.45) is 0.712. The highest BCUT2D eigenvalue weighted by Gasteiger charge is 2.06. The molecule has 16 heavy (non-hydrogen) atoms. The van der Waals surface area contributed by atoms with Crippen LogP contribution in [0.5, 0.6) is 0 Å². The van der Waals surface area contributed by atoms with Gasteiger partial charge in [0.05, 0.1) is 11.0 Å². The quantitative estimate of drug-likeness (QED) is 0.698. The van der Waals surface area contributed by atoms with Gasteiger partial charge in [0.1, 0.15) is 5.82 Å². The maximum Gasteiger partial charge on any atom is 0.251 e. The average Bonchev–Trinajstić information content (AvgIpc) is 2.69. The van der Waals surface area contributed by atoms with Crippen LogP contribution in [0.15, 0.2) is 18.2 Å². The number of nitrogens with zero attached hydrogens (tertiary/aromatic N) is 1. The first-order valence-electron chi connectivity index (χ1n) is 5.15. The van der Waals surface area contributed by atoms with Gasteiger partial charge in [0.25, 0.3) is 5.91 Å². The molecule has 1 aromatic heterocycles. The van der Waals surface area contributed by atoms with E-state index in [0.29, 0.717) is 18.5 Å². The van der Waals surface area contributed by atoms with E-state index in [4.69, 9.17) is 5.73 Å². The van der Waals surface area contributed by atoms with E-state index in [1.807, 2.05) is 6.07 Å². The molecule has 0 saturated heterocycles. The van der Waals surface area contributed by atoms with Gasteiger partial charge in [-0.2, -0.15) is 0 Å².